The van der Waals surface area contributed by atoms with Gasteiger partial charge < -0.3 is 5.32 Å². The molecule has 0 atom stereocenters. The van der Waals surface area contributed by atoms with Crippen LogP contribution < -0.4 is 5.32 Å². The summed E-state index contributed by atoms with van der Waals surface area (Å²) < 4.78 is 0. The highest BCUT2D eigenvalue weighted by Crippen LogP contribution is 2.24. The van der Waals surface area contributed by atoms with Crippen LogP contribution in [0.25, 0.3) is 0 Å². The van der Waals surface area contributed by atoms with E-state index in [-0.39, 0.29) is 0 Å². The van der Waals surface area contributed by atoms with Gasteiger partial charge in [0.15, 0.2) is 0 Å². The van der Waals surface area contributed by atoms with E-state index >= 15 is 0 Å². The molecule has 0 aromatic heterocycles. The van der Waals surface area contributed by atoms with Gasteiger partial charge in [0, 0.05) is 18.1 Å². The fourth-order valence-electron chi connectivity index (χ4n) is 3.08. The van der Waals surface area contributed by atoms with Crippen molar-refractivity contribution in [1.82, 2.24) is 10.2 Å². The van der Waals surface area contributed by atoms with Crippen molar-refractivity contribution in [2.75, 3.05) is 13.1 Å². The first-order chi connectivity index (χ1) is 8.19. The highest BCUT2D eigenvalue weighted by atomic mass is 15.2. The van der Waals surface area contributed by atoms with Crippen molar-refractivity contribution in [1.29, 1.82) is 0 Å². The molecular weight excluding hydrogens is 208 g/mol. The molecule has 0 radical (unpaired) electrons. The molecule has 0 aromatic rings. The van der Waals surface area contributed by atoms with E-state index in [1.54, 1.807) is 0 Å². The van der Waals surface area contributed by atoms with Crippen molar-refractivity contribution in [2.45, 2.75) is 84.3 Å². The maximum Gasteiger partial charge on any atom is 0.00991 e. The summed E-state index contributed by atoms with van der Waals surface area (Å²) in [7, 11) is 0. The van der Waals surface area contributed by atoms with Crippen molar-refractivity contribution in [2.24, 2.45) is 0 Å². The zero-order valence-electron chi connectivity index (χ0n) is 12.3. The molecule has 0 aliphatic heterocycles. The lowest BCUT2D eigenvalue weighted by atomic mass is 9.89. The van der Waals surface area contributed by atoms with Gasteiger partial charge in [0.25, 0.3) is 0 Å². The van der Waals surface area contributed by atoms with Crippen molar-refractivity contribution < 1.29 is 0 Å². The number of hydrogen-bond acceptors (Lipinski definition) is 2. The predicted octanol–water partition coefficient (Wildman–Crippen LogP) is 3.42. The molecule has 1 fully saturated rings. The maximum atomic E-state index is 3.67. The third-order valence-electron chi connectivity index (χ3n) is 3.99. The molecule has 17 heavy (non-hydrogen) atoms. The summed E-state index contributed by atoms with van der Waals surface area (Å²) in [4.78, 5) is 2.72. The van der Waals surface area contributed by atoms with Gasteiger partial charge in [-0.1, -0.05) is 13.8 Å². The van der Waals surface area contributed by atoms with Crippen LogP contribution in [0.1, 0.15) is 66.2 Å². The summed E-state index contributed by atoms with van der Waals surface area (Å²) in [6, 6.07) is 2.34. The number of hydrogen-bond donors (Lipinski definition) is 1. The first-order valence-corrected chi connectivity index (χ1v) is 7.68. The normalized spacial score (nSPS) is 25.8. The minimum Gasteiger partial charge on any atom is -0.314 e. The van der Waals surface area contributed by atoms with E-state index in [4.69, 9.17) is 0 Å². The fourth-order valence-corrected chi connectivity index (χ4v) is 3.08. The molecule has 1 saturated carbocycles. The van der Waals surface area contributed by atoms with Crippen molar-refractivity contribution in [3.05, 3.63) is 0 Å². The minimum absolute atomic E-state index is 0.708. The average molecular weight is 240 g/mol. The Kier molecular flexibility index (Phi) is 7.14. The summed E-state index contributed by atoms with van der Waals surface area (Å²) in [5, 5.41) is 3.67. The van der Waals surface area contributed by atoms with Gasteiger partial charge in [-0.15, -0.1) is 0 Å². The number of rotatable bonds is 7. The van der Waals surface area contributed by atoms with Crippen LogP contribution in [-0.2, 0) is 0 Å². The van der Waals surface area contributed by atoms with Gasteiger partial charge >= 0.3 is 0 Å². The molecule has 0 heterocycles. The summed E-state index contributed by atoms with van der Waals surface area (Å²) >= 11 is 0. The Hall–Kier alpha value is -0.0800. The Bertz CT molecular complexity index is 183. The minimum atomic E-state index is 0.708. The maximum absolute atomic E-state index is 3.67. The highest BCUT2D eigenvalue weighted by molar-refractivity contribution is 4.84. The molecule has 1 rings (SSSR count). The average Bonchev–Trinajstić information content (AvgIpc) is 2.34. The Balaban J connectivity index is 2.33. The molecule has 2 heteroatoms. The van der Waals surface area contributed by atoms with Crippen LogP contribution in [0.15, 0.2) is 0 Å². The Morgan fingerprint density at radius 2 is 1.71 bits per heavy atom. The van der Waals surface area contributed by atoms with Crippen LogP contribution in [0.3, 0.4) is 0 Å². The van der Waals surface area contributed by atoms with E-state index in [0.29, 0.717) is 6.04 Å². The molecule has 0 bridgehead atoms. The number of nitrogens with zero attached hydrogens (tertiary/aromatic N) is 1. The molecule has 0 unspecified atom stereocenters. The van der Waals surface area contributed by atoms with E-state index in [0.717, 1.165) is 12.1 Å². The van der Waals surface area contributed by atoms with Gasteiger partial charge in [0.05, 0.1) is 0 Å². The van der Waals surface area contributed by atoms with E-state index in [9.17, 15) is 0 Å². The fraction of sp³-hybridized carbons (Fsp3) is 1.00. The second-order valence-electron chi connectivity index (χ2n) is 5.79. The third kappa shape index (κ3) is 4.97. The van der Waals surface area contributed by atoms with Gasteiger partial charge in [0.1, 0.15) is 0 Å². The molecule has 1 aliphatic rings. The summed E-state index contributed by atoms with van der Waals surface area (Å²) in [6.45, 7) is 11.7. The molecule has 0 saturated heterocycles. The van der Waals surface area contributed by atoms with Crippen LogP contribution >= 0.6 is 0 Å². The van der Waals surface area contributed by atoms with Crippen LogP contribution in [0.4, 0.5) is 0 Å². The predicted molar refractivity (Wildman–Crippen MR) is 76.5 cm³/mol. The topological polar surface area (TPSA) is 15.3 Å². The quantitative estimate of drug-likeness (QED) is 0.733. The zero-order chi connectivity index (χ0) is 12.7. The zero-order valence-corrected chi connectivity index (χ0v) is 12.3. The van der Waals surface area contributed by atoms with E-state index < -0.39 is 0 Å². The van der Waals surface area contributed by atoms with Crippen molar-refractivity contribution >= 4 is 0 Å². The summed E-state index contributed by atoms with van der Waals surface area (Å²) in [5.41, 5.74) is 0. The van der Waals surface area contributed by atoms with Crippen LogP contribution in [-0.4, -0.2) is 36.1 Å². The molecule has 1 N–H and O–H groups in total. The highest BCUT2D eigenvalue weighted by Gasteiger charge is 2.26. The van der Waals surface area contributed by atoms with Gasteiger partial charge in [0.2, 0.25) is 0 Å². The lowest BCUT2D eigenvalue weighted by Crippen LogP contribution is -2.45. The van der Waals surface area contributed by atoms with E-state index in [2.05, 4.69) is 37.9 Å². The van der Waals surface area contributed by atoms with E-state index in [1.807, 2.05) is 0 Å². The lowest BCUT2D eigenvalue weighted by molar-refractivity contribution is 0.111. The summed E-state index contributed by atoms with van der Waals surface area (Å²) in [5.74, 6) is 0. The Morgan fingerprint density at radius 3 is 2.18 bits per heavy atom. The molecule has 102 valence electrons. The van der Waals surface area contributed by atoms with Gasteiger partial charge in [-0.05, 0) is 65.5 Å². The van der Waals surface area contributed by atoms with Crippen LogP contribution in [0.5, 0.6) is 0 Å². The number of nitrogens with one attached hydrogen (secondary N) is 1. The van der Waals surface area contributed by atoms with Crippen molar-refractivity contribution in [3.63, 3.8) is 0 Å². The first kappa shape index (κ1) is 15.0. The Morgan fingerprint density at radius 1 is 1.06 bits per heavy atom. The standard InChI is InChI=1S/C15H32N2/c1-5-11-16-14-7-9-15(10-8-14)17(12-6-2)13(3)4/h13-16H,5-12H2,1-4H3. The first-order valence-electron chi connectivity index (χ1n) is 7.68. The second-order valence-corrected chi connectivity index (χ2v) is 5.79. The molecule has 0 spiro atoms. The van der Waals surface area contributed by atoms with Gasteiger partial charge in [-0.25, -0.2) is 0 Å². The Labute approximate surface area is 108 Å². The molecular formula is C15H32N2. The van der Waals surface area contributed by atoms with Crippen LogP contribution in [0.2, 0.25) is 0 Å². The monoisotopic (exact) mass is 240 g/mol. The summed E-state index contributed by atoms with van der Waals surface area (Å²) in [6.07, 6.45) is 8.06. The molecule has 0 aromatic carbocycles. The third-order valence-corrected chi connectivity index (χ3v) is 3.99. The van der Waals surface area contributed by atoms with Crippen LogP contribution in [0, 0.1) is 0 Å². The van der Waals surface area contributed by atoms with Crippen molar-refractivity contribution in [3.8, 4) is 0 Å². The molecule has 2 nitrogen and oxygen atoms in total. The molecule has 0 amide bonds. The smallest absolute Gasteiger partial charge is 0.00991 e. The lowest BCUT2D eigenvalue weighted by Gasteiger charge is -2.39. The largest absolute Gasteiger partial charge is 0.314 e. The second kappa shape index (κ2) is 8.10. The van der Waals surface area contributed by atoms with Gasteiger partial charge in [-0.3, -0.25) is 4.90 Å². The van der Waals surface area contributed by atoms with E-state index in [1.165, 1.54) is 51.6 Å². The molecule has 1 aliphatic carbocycles. The SMILES string of the molecule is CCCNC1CCC(N(CCC)C(C)C)CC1. The van der Waals surface area contributed by atoms with Gasteiger partial charge in [-0.2, -0.15) is 0 Å².